The molecule has 4 heteroatoms. The number of hydrogen-bond donors (Lipinski definition) is 2. The summed E-state index contributed by atoms with van der Waals surface area (Å²) in [4.78, 5) is 13.6. The van der Waals surface area contributed by atoms with Crippen molar-refractivity contribution in [3.05, 3.63) is 30.3 Å². The molecule has 3 nitrogen and oxygen atoms in total. The highest BCUT2D eigenvalue weighted by Gasteiger charge is 2.39. The highest BCUT2D eigenvalue weighted by Crippen LogP contribution is 2.25. The molecule has 1 saturated heterocycles. The summed E-state index contributed by atoms with van der Waals surface area (Å²) in [5.41, 5.74) is -0.299. The van der Waals surface area contributed by atoms with Crippen LogP contribution in [0.1, 0.15) is 32.6 Å². The highest BCUT2D eigenvalue weighted by molar-refractivity contribution is 7.99. The van der Waals surface area contributed by atoms with Crippen molar-refractivity contribution in [2.45, 2.75) is 43.0 Å². The molecule has 0 bridgehead atoms. The molecule has 1 fully saturated rings. The molecule has 0 aliphatic carbocycles. The Hall–Kier alpha value is -1.00. The summed E-state index contributed by atoms with van der Waals surface area (Å²) in [5.74, 6) is 1.10. The Kier molecular flexibility index (Phi) is 5.92. The first-order chi connectivity index (χ1) is 9.77. The number of rotatable bonds is 7. The largest absolute Gasteiger partial charge is 0.354 e. The van der Waals surface area contributed by atoms with E-state index < -0.39 is 0 Å². The summed E-state index contributed by atoms with van der Waals surface area (Å²) >= 11 is 1.78. The van der Waals surface area contributed by atoms with E-state index in [1.807, 2.05) is 18.2 Å². The first kappa shape index (κ1) is 15.4. The van der Waals surface area contributed by atoms with Crippen LogP contribution in [0.15, 0.2) is 35.2 Å². The van der Waals surface area contributed by atoms with Gasteiger partial charge in [-0.1, -0.05) is 31.5 Å². The second kappa shape index (κ2) is 7.70. The van der Waals surface area contributed by atoms with E-state index in [9.17, 15) is 4.79 Å². The quantitative estimate of drug-likeness (QED) is 0.600. The number of nitrogens with one attached hydrogen (secondary N) is 2. The molecule has 110 valence electrons. The number of carbonyl (C=O) groups excluding carboxylic acids is 1. The molecular weight excluding hydrogens is 268 g/mol. The van der Waals surface area contributed by atoms with Crippen LogP contribution < -0.4 is 10.6 Å². The molecule has 20 heavy (non-hydrogen) atoms. The fraction of sp³-hybridized carbons (Fsp3) is 0.562. The number of hydrogen-bond acceptors (Lipinski definition) is 3. The third-order valence-electron chi connectivity index (χ3n) is 3.75. The van der Waals surface area contributed by atoms with Gasteiger partial charge in [0.15, 0.2) is 0 Å². The van der Waals surface area contributed by atoms with Crippen LogP contribution in [-0.4, -0.2) is 30.3 Å². The van der Waals surface area contributed by atoms with E-state index in [2.05, 4.69) is 29.7 Å². The van der Waals surface area contributed by atoms with Crippen molar-refractivity contribution in [3.8, 4) is 0 Å². The van der Waals surface area contributed by atoms with Gasteiger partial charge < -0.3 is 10.6 Å². The third-order valence-corrected chi connectivity index (χ3v) is 4.77. The molecule has 1 atom stereocenters. The SMILES string of the molecule is CCCC1(C(=O)NCCSc2ccccc2)CCCN1. The molecular formula is C16H24N2OS. The van der Waals surface area contributed by atoms with Gasteiger partial charge >= 0.3 is 0 Å². The molecule has 2 rings (SSSR count). The van der Waals surface area contributed by atoms with Crippen molar-refractivity contribution in [2.75, 3.05) is 18.8 Å². The zero-order chi connectivity index (χ0) is 14.3. The van der Waals surface area contributed by atoms with E-state index >= 15 is 0 Å². The van der Waals surface area contributed by atoms with Crippen molar-refractivity contribution in [3.63, 3.8) is 0 Å². The maximum atomic E-state index is 12.4. The standard InChI is InChI=1S/C16H24N2OS/c1-2-9-16(10-6-11-18-16)15(19)17-12-13-20-14-7-4-3-5-8-14/h3-5,7-8,18H,2,6,9-13H2,1H3,(H,17,19). The van der Waals surface area contributed by atoms with Gasteiger partial charge in [0.05, 0.1) is 5.54 Å². The van der Waals surface area contributed by atoms with Crippen LogP contribution >= 0.6 is 11.8 Å². The number of carbonyl (C=O) groups is 1. The van der Waals surface area contributed by atoms with Crippen LogP contribution in [0.3, 0.4) is 0 Å². The van der Waals surface area contributed by atoms with Crippen LogP contribution in [0.25, 0.3) is 0 Å². The molecule has 1 heterocycles. The van der Waals surface area contributed by atoms with Gasteiger partial charge in [-0.15, -0.1) is 11.8 Å². The van der Waals surface area contributed by atoms with Crippen LogP contribution in [0.5, 0.6) is 0 Å². The van der Waals surface area contributed by atoms with Crippen molar-refractivity contribution >= 4 is 17.7 Å². The van der Waals surface area contributed by atoms with Gasteiger partial charge in [0.2, 0.25) is 5.91 Å². The molecule has 0 spiro atoms. The Morgan fingerprint density at radius 2 is 2.20 bits per heavy atom. The fourth-order valence-electron chi connectivity index (χ4n) is 2.77. The summed E-state index contributed by atoms with van der Waals surface area (Å²) in [6, 6.07) is 10.3. The molecule has 1 unspecified atom stereocenters. The van der Waals surface area contributed by atoms with E-state index in [4.69, 9.17) is 0 Å². The summed E-state index contributed by atoms with van der Waals surface area (Å²) in [7, 11) is 0. The predicted molar refractivity (Wildman–Crippen MR) is 85.1 cm³/mol. The van der Waals surface area contributed by atoms with Gasteiger partial charge in [-0.25, -0.2) is 0 Å². The van der Waals surface area contributed by atoms with Gasteiger partial charge in [0.25, 0.3) is 0 Å². The molecule has 1 aromatic rings. The van der Waals surface area contributed by atoms with Crippen molar-refractivity contribution < 1.29 is 4.79 Å². The average molecular weight is 292 g/mol. The van der Waals surface area contributed by atoms with Crippen LogP contribution in [0.2, 0.25) is 0 Å². The van der Waals surface area contributed by atoms with E-state index in [1.54, 1.807) is 11.8 Å². The Morgan fingerprint density at radius 3 is 2.85 bits per heavy atom. The maximum Gasteiger partial charge on any atom is 0.240 e. The Balaban J connectivity index is 1.74. The first-order valence-electron chi connectivity index (χ1n) is 7.48. The lowest BCUT2D eigenvalue weighted by molar-refractivity contribution is -0.127. The van der Waals surface area contributed by atoms with Crippen molar-refractivity contribution in [1.82, 2.24) is 10.6 Å². The number of benzene rings is 1. The van der Waals surface area contributed by atoms with Gasteiger partial charge in [-0.3, -0.25) is 4.79 Å². The topological polar surface area (TPSA) is 41.1 Å². The summed E-state index contributed by atoms with van der Waals surface area (Å²) < 4.78 is 0. The molecule has 0 aromatic heterocycles. The van der Waals surface area contributed by atoms with E-state index in [1.165, 1.54) is 4.90 Å². The smallest absolute Gasteiger partial charge is 0.240 e. The number of thioether (sulfide) groups is 1. The van der Waals surface area contributed by atoms with Crippen LogP contribution in [-0.2, 0) is 4.79 Å². The molecule has 0 saturated carbocycles. The Labute approximate surface area is 125 Å². The lowest BCUT2D eigenvalue weighted by Crippen LogP contribution is -2.53. The van der Waals surface area contributed by atoms with Crippen molar-refractivity contribution in [1.29, 1.82) is 0 Å². The number of amides is 1. The van der Waals surface area contributed by atoms with Gasteiger partial charge in [0.1, 0.15) is 0 Å². The molecule has 1 aliphatic rings. The predicted octanol–water partition coefficient (Wildman–Crippen LogP) is 2.82. The minimum atomic E-state index is -0.299. The second-order valence-corrected chi connectivity index (χ2v) is 6.45. The monoisotopic (exact) mass is 292 g/mol. The first-order valence-corrected chi connectivity index (χ1v) is 8.46. The lowest BCUT2D eigenvalue weighted by Gasteiger charge is -2.27. The van der Waals surface area contributed by atoms with E-state index in [0.717, 1.165) is 44.5 Å². The van der Waals surface area contributed by atoms with Crippen LogP contribution in [0.4, 0.5) is 0 Å². The van der Waals surface area contributed by atoms with Crippen molar-refractivity contribution in [2.24, 2.45) is 0 Å². The zero-order valence-corrected chi connectivity index (χ0v) is 13.0. The van der Waals surface area contributed by atoms with Crippen LogP contribution in [0, 0.1) is 0 Å². The van der Waals surface area contributed by atoms with Gasteiger partial charge in [-0.2, -0.15) is 0 Å². The van der Waals surface area contributed by atoms with Gasteiger partial charge in [-0.05, 0) is 37.9 Å². The lowest BCUT2D eigenvalue weighted by atomic mass is 9.91. The van der Waals surface area contributed by atoms with E-state index in [-0.39, 0.29) is 11.4 Å². The third kappa shape index (κ3) is 4.00. The second-order valence-electron chi connectivity index (χ2n) is 5.28. The summed E-state index contributed by atoms with van der Waals surface area (Å²) in [6.45, 7) is 3.83. The molecule has 2 N–H and O–H groups in total. The summed E-state index contributed by atoms with van der Waals surface area (Å²) in [6.07, 6.45) is 4.05. The minimum Gasteiger partial charge on any atom is -0.354 e. The Bertz CT molecular complexity index is 416. The fourth-order valence-corrected chi connectivity index (χ4v) is 3.56. The minimum absolute atomic E-state index is 0.186. The molecule has 1 aromatic carbocycles. The van der Waals surface area contributed by atoms with E-state index in [0.29, 0.717) is 0 Å². The van der Waals surface area contributed by atoms with Gasteiger partial charge in [0, 0.05) is 17.2 Å². The zero-order valence-electron chi connectivity index (χ0n) is 12.2. The maximum absolute atomic E-state index is 12.4. The molecule has 0 radical (unpaired) electrons. The average Bonchev–Trinajstić information content (AvgIpc) is 2.95. The molecule has 1 amide bonds. The summed E-state index contributed by atoms with van der Waals surface area (Å²) in [5, 5.41) is 6.51. The highest BCUT2D eigenvalue weighted by atomic mass is 32.2. The Morgan fingerprint density at radius 1 is 1.40 bits per heavy atom. The molecule has 1 aliphatic heterocycles. The normalized spacial score (nSPS) is 21.9.